The second-order valence-corrected chi connectivity index (χ2v) is 11.0. The summed E-state index contributed by atoms with van der Waals surface area (Å²) in [6.07, 6.45) is 11.7. The van der Waals surface area contributed by atoms with Crippen LogP contribution >= 0.6 is 15.9 Å². The molecule has 0 amide bonds. The summed E-state index contributed by atoms with van der Waals surface area (Å²) in [5.74, 6) is 0.935. The van der Waals surface area contributed by atoms with E-state index in [2.05, 4.69) is 48.2 Å². The number of sulfonamides is 1. The third-order valence-corrected chi connectivity index (χ3v) is 7.60. The molecule has 1 aromatic heterocycles. The van der Waals surface area contributed by atoms with E-state index in [4.69, 9.17) is 0 Å². The molecule has 2 rings (SSSR count). The van der Waals surface area contributed by atoms with Gasteiger partial charge in [0, 0.05) is 18.4 Å². The van der Waals surface area contributed by atoms with E-state index in [9.17, 15) is 13.5 Å². The first kappa shape index (κ1) is 28.5. The van der Waals surface area contributed by atoms with E-state index in [0.29, 0.717) is 28.5 Å². The first-order chi connectivity index (χ1) is 16.4. The number of aliphatic hydroxyl groups excluding tert-OH is 1. The lowest BCUT2D eigenvalue weighted by molar-refractivity contribution is 0.271. The van der Waals surface area contributed by atoms with Gasteiger partial charge < -0.3 is 15.7 Å². The van der Waals surface area contributed by atoms with E-state index in [1.165, 1.54) is 32.1 Å². The number of aromatic nitrogens is 2. The van der Waals surface area contributed by atoms with Crippen molar-refractivity contribution in [3.63, 3.8) is 0 Å². The van der Waals surface area contributed by atoms with Gasteiger partial charge in [-0.05, 0) is 53.0 Å². The smallest absolute Gasteiger partial charge is 0.240 e. The van der Waals surface area contributed by atoms with E-state index in [1.807, 2.05) is 6.92 Å². The summed E-state index contributed by atoms with van der Waals surface area (Å²) < 4.78 is 28.5. The molecule has 0 aliphatic heterocycles. The number of nitrogens with zero attached hydrogens (tertiary/aromatic N) is 2. The molecule has 0 saturated heterocycles. The molecular formula is C24H38BrN5O3S. The topological polar surface area (TPSA) is 116 Å². The third-order valence-electron chi connectivity index (χ3n) is 5.54. The van der Waals surface area contributed by atoms with Crippen molar-refractivity contribution in [2.24, 2.45) is 0 Å². The average Bonchev–Trinajstić information content (AvgIpc) is 2.83. The van der Waals surface area contributed by atoms with Crippen LogP contribution < -0.4 is 15.4 Å². The van der Waals surface area contributed by atoms with Crippen LogP contribution in [-0.2, 0) is 10.0 Å². The van der Waals surface area contributed by atoms with Gasteiger partial charge in [-0.2, -0.15) is 4.98 Å². The molecule has 2 aromatic rings. The number of anilines is 3. The molecular weight excluding hydrogens is 518 g/mol. The molecule has 0 saturated carbocycles. The summed E-state index contributed by atoms with van der Waals surface area (Å²) in [6, 6.07) is 6.39. The van der Waals surface area contributed by atoms with Gasteiger partial charge in [0.1, 0.15) is 5.82 Å². The first-order valence-electron chi connectivity index (χ1n) is 12.2. The standard InChI is InChI=1S/C24H38BrN5O3S/c1-3-5-6-7-8-9-10-11-16-27-34(32,33)21-14-12-20(13-15-21)29-24-26-17-22(25)23(30-24)28-19(4-2)18-31/h12-15,17,19,27,31H,3-11,16,18H2,1-2H3,(H2,26,28,29,30)/t19-/m1/s1. The lowest BCUT2D eigenvalue weighted by atomic mass is 10.1. The predicted molar refractivity (Wildman–Crippen MR) is 142 cm³/mol. The number of aliphatic hydroxyl groups is 1. The Hall–Kier alpha value is -1.75. The summed E-state index contributed by atoms with van der Waals surface area (Å²) in [4.78, 5) is 8.91. The number of hydrogen-bond acceptors (Lipinski definition) is 7. The quantitative estimate of drug-likeness (QED) is 0.188. The van der Waals surface area contributed by atoms with Gasteiger partial charge in [-0.25, -0.2) is 18.1 Å². The minimum Gasteiger partial charge on any atom is -0.394 e. The Kier molecular flexibility index (Phi) is 12.8. The number of unbranched alkanes of at least 4 members (excludes halogenated alkanes) is 7. The monoisotopic (exact) mass is 555 g/mol. The van der Waals surface area contributed by atoms with Crippen LogP contribution in [0.3, 0.4) is 0 Å². The fraction of sp³-hybridized carbons (Fsp3) is 0.583. The molecule has 0 fully saturated rings. The SMILES string of the molecule is CCCCCCCCCCNS(=O)(=O)c1ccc(Nc2ncc(Br)c(N[C@H](CC)CO)n2)cc1. The maximum atomic E-state index is 12.6. The highest BCUT2D eigenvalue weighted by molar-refractivity contribution is 9.10. The largest absolute Gasteiger partial charge is 0.394 e. The van der Waals surface area contributed by atoms with Gasteiger partial charge in [0.15, 0.2) is 0 Å². The molecule has 4 N–H and O–H groups in total. The molecule has 8 nitrogen and oxygen atoms in total. The minimum atomic E-state index is -3.54. The zero-order chi connectivity index (χ0) is 24.8. The zero-order valence-corrected chi connectivity index (χ0v) is 22.6. The maximum Gasteiger partial charge on any atom is 0.240 e. The Morgan fingerprint density at radius 1 is 1.00 bits per heavy atom. The summed E-state index contributed by atoms with van der Waals surface area (Å²) >= 11 is 3.41. The molecule has 0 spiro atoms. The van der Waals surface area contributed by atoms with Gasteiger partial charge in [-0.15, -0.1) is 0 Å². The summed E-state index contributed by atoms with van der Waals surface area (Å²) in [5, 5.41) is 15.7. The Bertz CT molecular complexity index is 954. The molecule has 1 aromatic carbocycles. The Morgan fingerprint density at radius 2 is 1.65 bits per heavy atom. The van der Waals surface area contributed by atoms with Crippen molar-refractivity contribution in [1.82, 2.24) is 14.7 Å². The molecule has 1 heterocycles. The van der Waals surface area contributed by atoms with Crippen LogP contribution in [0.15, 0.2) is 39.8 Å². The Balaban J connectivity index is 1.85. The van der Waals surface area contributed by atoms with Gasteiger partial charge in [-0.1, -0.05) is 58.8 Å². The van der Waals surface area contributed by atoms with Crippen molar-refractivity contribution in [2.75, 3.05) is 23.8 Å². The highest BCUT2D eigenvalue weighted by Gasteiger charge is 2.14. The normalized spacial score (nSPS) is 12.5. The molecule has 0 aliphatic rings. The Morgan fingerprint density at radius 3 is 2.26 bits per heavy atom. The van der Waals surface area contributed by atoms with Crippen molar-refractivity contribution in [3.05, 3.63) is 34.9 Å². The van der Waals surface area contributed by atoms with E-state index in [0.717, 1.165) is 25.7 Å². The van der Waals surface area contributed by atoms with E-state index in [-0.39, 0.29) is 17.5 Å². The minimum absolute atomic E-state index is 0.00127. The highest BCUT2D eigenvalue weighted by Crippen LogP contribution is 2.23. The van der Waals surface area contributed by atoms with Gasteiger partial charge in [0.25, 0.3) is 0 Å². The van der Waals surface area contributed by atoms with Gasteiger partial charge >= 0.3 is 0 Å². The lowest BCUT2D eigenvalue weighted by Gasteiger charge is -2.16. The van der Waals surface area contributed by atoms with E-state index < -0.39 is 10.0 Å². The molecule has 34 heavy (non-hydrogen) atoms. The number of nitrogens with one attached hydrogen (secondary N) is 3. The third kappa shape index (κ3) is 9.85. The van der Waals surface area contributed by atoms with Crippen molar-refractivity contribution >= 4 is 43.4 Å². The van der Waals surface area contributed by atoms with E-state index in [1.54, 1.807) is 30.5 Å². The van der Waals surface area contributed by atoms with E-state index >= 15 is 0 Å². The number of rotatable bonds is 17. The molecule has 0 bridgehead atoms. The predicted octanol–water partition coefficient (Wildman–Crippen LogP) is 5.58. The molecule has 1 atom stereocenters. The highest BCUT2D eigenvalue weighted by atomic mass is 79.9. The number of benzene rings is 1. The van der Waals surface area contributed by atoms with Crippen LogP contribution in [0.1, 0.15) is 71.6 Å². The molecule has 10 heteroatoms. The van der Waals surface area contributed by atoms with Crippen molar-refractivity contribution in [2.45, 2.75) is 82.6 Å². The maximum absolute atomic E-state index is 12.6. The molecule has 0 radical (unpaired) electrons. The van der Waals surface area contributed by atoms with Crippen molar-refractivity contribution in [3.8, 4) is 0 Å². The van der Waals surface area contributed by atoms with Gasteiger partial charge in [0.2, 0.25) is 16.0 Å². The number of hydrogen-bond donors (Lipinski definition) is 4. The second-order valence-electron chi connectivity index (χ2n) is 8.34. The lowest BCUT2D eigenvalue weighted by Crippen LogP contribution is -2.24. The summed E-state index contributed by atoms with van der Waals surface area (Å²) in [5.41, 5.74) is 0.671. The average molecular weight is 557 g/mol. The van der Waals surface area contributed by atoms with Crippen LogP contribution in [0.2, 0.25) is 0 Å². The molecule has 190 valence electrons. The fourth-order valence-electron chi connectivity index (χ4n) is 3.39. The second kappa shape index (κ2) is 15.3. The summed E-state index contributed by atoms with van der Waals surface area (Å²) in [7, 11) is -3.54. The van der Waals surface area contributed by atoms with Crippen molar-refractivity contribution in [1.29, 1.82) is 0 Å². The summed E-state index contributed by atoms with van der Waals surface area (Å²) in [6.45, 7) is 4.64. The van der Waals surface area contributed by atoms with Gasteiger partial charge in [-0.3, -0.25) is 0 Å². The first-order valence-corrected chi connectivity index (χ1v) is 14.4. The fourth-order valence-corrected chi connectivity index (χ4v) is 4.77. The Labute approximate surface area is 212 Å². The van der Waals surface area contributed by atoms with Crippen LogP contribution in [0.4, 0.5) is 17.5 Å². The molecule has 0 unspecified atom stereocenters. The van der Waals surface area contributed by atoms with Gasteiger partial charge in [0.05, 0.1) is 22.0 Å². The van der Waals surface area contributed by atoms with Crippen LogP contribution in [0, 0.1) is 0 Å². The van der Waals surface area contributed by atoms with Crippen molar-refractivity contribution < 1.29 is 13.5 Å². The molecule has 0 aliphatic carbocycles. The van der Waals surface area contributed by atoms with Crippen LogP contribution in [0.5, 0.6) is 0 Å². The number of halogens is 1. The van der Waals surface area contributed by atoms with Crippen LogP contribution in [0.25, 0.3) is 0 Å². The zero-order valence-electron chi connectivity index (χ0n) is 20.2. The van der Waals surface area contributed by atoms with Crippen LogP contribution in [-0.4, -0.2) is 42.7 Å².